The van der Waals surface area contributed by atoms with E-state index in [-0.39, 0.29) is 11.7 Å². The molecule has 0 bridgehead atoms. The summed E-state index contributed by atoms with van der Waals surface area (Å²) >= 11 is 2.20. The Morgan fingerprint density at radius 1 is 1.14 bits per heavy atom. The van der Waals surface area contributed by atoms with Gasteiger partial charge in [0.05, 0.1) is 11.3 Å². The third kappa shape index (κ3) is 1.80. The highest BCUT2D eigenvalue weighted by atomic mass is 127. The van der Waals surface area contributed by atoms with Crippen molar-refractivity contribution < 1.29 is 9.90 Å². The molecule has 1 aliphatic rings. The third-order valence-electron chi connectivity index (χ3n) is 3.57. The SMILES string of the molecule is O=C1C(c2c(O)[nH]c3ccc(I)cc23)=Nc2ccccc21. The minimum atomic E-state index is -0.152. The Hall–Kier alpha value is -2.15. The predicted molar refractivity (Wildman–Crippen MR) is 89.6 cm³/mol. The third-order valence-corrected chi connectivity index (χ3v) is 4.24. The van der Waals surface area contributed by atoms with E-state index in [1.165, 1.54) is 0 Å². The van der Waals surface area contributed by atoms with Gasteiger partial charge in [-0.3, -0.25) is 4.79 Å². The second-order valence-electron chi connectivity index (χ2n) is 4.85. The molecule has 0 unspecified atom stereocenters. The van der Waals surface area contributed by atoms with Crippen LogP contribution < -0.4 is 0 Å². The van der Waals surface area contributed by atoms with Crippen molar-refractivity contribution in [2.24, 2.45) is 4.99 Å². The van der Waals surface area contributed by atoms with Crippen LogP contribution in [0.2, 0.25) is 0 Å². The number of nitrogens with zero attached hydrogens (tertiary/aromatic N) is 1. The van der Waals surface area contributed by atoms with Crippen LogP contribution in [0.1, 0.15) is 15.9 Å². The maximum absolute atomic E-state index is 12.5. The lowest BCUT2D eigenvalue weighted by Crippen LogP contribution is -2.10. The maximum Gasteiger partial charge on any atom is 0.214 e. The molecule has 5 heteroatoms. The lowest BCUT2D eigenvalue weighted by Gasteiger charge is -1.99. The fraction of sp³-hybridized carbons (Fsp3) is 0. The Balaban J connectivity index is 1.99. The summed E-state index contributed by atoms with van der Waals surface area (Å²) in [5.41, 5.74) is 2.78. The lowest BCUT2D eigenvalue weighted by molar-refractivity contribution is 0.107. The van der Waals surface area contributed by atoms with E-state index in [2.05, 4.69) is 32.6 Å². The fourth-order valence-corrected chi connectivity index (χ4v) is 3.11. The summed E-state index contributed by atoms with van der Waals surface area (Å²) in [5, 5.41) is 11.0. The topological polar surface area (TPSA) is 65.4 Å². The van der Waals surface area contributed by atoms with E-state index in [1.807, 2.05) is 30.3 Å². The molecule has 1 aliphatic heterocycles. The zero-order valence-electron chi connectivity index (χ0n) is 10.7. The first kappa shape index (κ1) is 12.6. The smallest absolute Gasteiger partial charge is 0.214 e. The number of hydrogen-bond acceptors (Lipinski definition) is 3. The number of nitrogens with one attached hydrogen (secondary N) is 1. The summed E-state index contributed by atoms with van der Waals surface area (Å²) in [6.45, 7) is 0. The van der Waals surface area contributed by atoms with Gasteiger partial charge in [-0.15, -0.1) is 0 Å². The summed E-state index contributed by atoms with van der Waals surface area (Å²) in [4.78, 5) is 19.8. The maximum atomic E-state index is 12.5. The molecule has 0 aliphatic carbocycles. The summed E-state index contributed by atoms with van der Waals surface area (Å²) < 4.78 is 1.03. The number of aromatic hydroxyl groups is 1. The number of ketones is 1. The van der Waals surface area contributed by atoms with Crippen molar-refractivity contribution in [3.63, 3.8) is 0 Å². The number of fused-ring (bicyclic) bond motifs is 2. The Bertz CT molecular complexity index is 941. The number of hydrogen-bond donors (Lipinski definition) is 2. The second-order valence-corrected chi connectivity index (χ2v) is 6.09. The molecule has 1 aromatic heterocycles. The van der Waals surface area contributed by atoms with Crippen LogP contribution in [0.3, 0.4) is 0 Å². The molecule has 4 rings (SSSR count). The highest BCUT2D eigenvalue weighted by Gasteiger charge is 2.29. The Labute approximate surface area is 133 Å². The van der Waals surface area contributed by atoms with Crippen LogP contribution in [-0.2, 0) is 0 Å². The van der Waals surface area contributed by atoms with Crippen LogP contribution in [-0.4, -0.2) is 21.6 Å². The Morgan fingerprint density at radius 2 is 1.95 bits per heavy atom. The monoisotopic (exact) mass is 388 g/mol. The molecule has 102 valence electrons. The van der Waals surface area contributed by atoms with Crippen molar-refractivity contribution >= 4 is 50.7 Å². The van der Waals surface area contributed by atoms with Crippen LogP contribution in [0, 0.1) is 3.57 Å². The molecule has 0 saturated carbocycles. The molecule has 0 radical (unpaired) electrons. The molecule has 2 aromatic carbocycles. The normalized spacial score (nSPS) is 13.6. The van der Waals surface area contributed by atoms with E-state index in [0.717, 1.165) is 14.5 Å². The molecule has 0 amide bonds. The number of aromatic amines is 1. The van der Waals surface area contributed by atoms with E-state index in [9.17, 15) is 9.90 Å². The molecular weight excluding hydrogens is 379 g/mol. The van der Waals surface area contributed by atoms with Gasteiger partial charge in [0.25, 0.3) is 0 Å². The summed E-state index contributed by atoms with van der Waals surface area (Å²) in [5.74, 6) is -0.174. The number of Topliss-reactive ketones (excluding diaryl/α,β-unsaturated/α-hetero) is 1. The molecule has 4 nitrogen and oxygen atoms in total. The molecule has 3 aromatic rings. The van der Waals surface area contributed by atoms with Gasteiger partial charge in [-0.2, -0.15) is 0 Å². The number of carbonyl (C=O) groups is 1. The van der Waals surface area contributed by atoms with Gasteiger partial charge in [0, 0.05) is 20.0 Å². The number of para-hydroxylation sites is 1. The number of aromatic nitrogens is 1. The van der Waals surface area contributed by atoms with E-state index in [4.69, 9.17) is 0 Å². The molecule has 2 heterocycles. The van der Waals surface area contributed by atoms with Crippen molar-refractivity contribution in [3.8, 4) is 5.88 Å². The van der Waals surface area contributed by atoms with Crippen molar-refractivity contribution in [2.45, 2.75) is 0 Å². The van der Waals surface area contributed by atoms with Crippen LogP contribution in [0.5, 0.6) is 5.88 Å². The van der Waals surface area contributed by atoms with Gasteiger partial charge in [0.2, 0.25) is 5.78 Å². The summed E-state index contributed by atoms with van der Waals surface area (Å²) in [6.07, 6.45) is 0. The zero-order valence-corrected chi connectivity index (χ0v) is 12.9. The number of H-pyrrole nitrogens is 1. The van der Waals surface area contributed by atoms with Gasteiger partial charge >= 0.3 is 0 Å². The zero-order chi connectivity index (χ0) is 14.6. The van der Waals surface area contributed by atoms with Crippen molar-refractivity contribution in [1.82, 2.24) is 4.98 Å². The lowest BCUT2D eigenvalue weighted by atomic mass is 10.0. The molecule has 21 heavy (non-hydrogen) atoms. The van der Waals surface area contributed by atoms with Crippen LogP contribution >= 0.6 is 22.6 Å². The van der Waals surface area contributed by atoms with Crippen molar-refractivity contribution in [3.05, 3.63) is 57.2 Å². The van der Waals surface area contributed by atoms with Crippen molar-refractivity contribution in [2.75, 3.05) is 0 Å². The molecule has 0 atom stereocenters. The molecule has 0 saturated heterocycles. The second kappa shape index (κ2) is 4.42. The highest BCUT2D eigenvalue weighted by molar-refractivity contribution is 14.1. The van der Waals surface area contributed by atoms with Gasteiger partial charge in [-0.1, -0.05) is 12.1 Å². The largest absolute Gasteiger partial charge is 0.494 e. The van der Waals surface area contributed by atoms with Gasteiger partial charge in [0.1, 0.15) is 5.71 Å². The van der Waals surface area contributed by atoms with Crippen LogP contribution in [0.25, 0.3) is 10.9 Å². The summed E-state index contributed by atoms with van der Waals surface area (Å²) in [7, 11) is 0. The minimum absolute atomic E-state index is 0.0214. The van der Waals surface area contributed by atoms with E-state index < -0.39 is 0 Å². The average Bonchev–Trinajstić information content (AvgIpc) is 2.96. The standard InChI is InChI=1S/C16H9IN2O2/c17-8-5-6-12-10(7-8)13(16(21)19-12)14-15(20)9-3-1-2-4-11(9)18-14/h1-7,19,21H. The predicted octanol–water partition coefficient (Wildman–Crippen LogP) is 3.80. The molecular formula is C16H9IN2O2. The fourth-order valence-electron chi connectivity index (χ4n) is 2.62. The van der Waals surface area contributed by atoms with Gasteiger partial charge < -0.3 is 10.1 Å². The molecule has 2 N–H and O–H groups in total. The number of benzene rings is 2. The quantitative estimate of drug-likeness (QED) is 0.623. The molecule has 0 spiro atoms. The number of rotatable bonds is 1. The van der Waals surface area contributed by atoms with Gasteiger partial charge in [-0.25, -0.2) is 4.99 Å². The Morgan fingerprint density at radius 3 is 2.76 bits per heavy atom. The highest BCUT2D eigenvalue weighted by Crippen LogP contribution is 2.35. The first-order valence-corrected chi connectivity index (χ1v) is 7.46. The van der Waals surface area contributed by atoms with Crippen LogP contribution in [0.15, 0.2) is 47.5 Å². The first-order valence-electron chi connectivity index (χ1n) is 6.38. The molecule has 0 fully saturated rings. The van der Waals surface area contributed by atoms with E-state index in [1.54, 1.807) is 12.1 Å². The Kier molecular flexibility index (Phi) is 2.65. The van der Waals surface area contributed by atoms with E-state index >= 15 is 0 Å². The minimum Gasteiger partial charge on any atom is -0.494 e. The number of halogens is 1. The number of aliphatic imine (C=N–C) groups is 1. The summed E-state index contributed by atoms with van der Waals surface area (Å²) in [6, 6.07) is 13.0. The number of carbonyl (C=O) groups excluding carboxylic acids is 1. The first-order chi connectivity index (χ1) is 10.1. The van der Waals surface area contributed by atoms with Gasteiger partial charge in [0.15, 0.2) is 5.88 Å². The average molecular weight is 388 g/mol. The van der Waals surface area contributed by atoms with Crippen LogP contribution in [0.4, 0.5) is 5.69 Å². The van der Waals surface area contributed by atoms with Gasteiger partial charge in [-0.05, 0) is 52.9 Å². The van der Waals surface area contributed by atoms with Crippen molar-refractivity contribution in [1.29, 1.82) is 0 Å². The van der Waals surface area contributed by atoms with E-state index in [0.29, 0.717) is 22.5 Å².